The summed E-state index contributed by atoms with van der Waals surface area (Å²) in [4.78, 5) is 9.79. The van der Waals surface area contributed by atoms with Gasteiger partial charge < -0.3 is 0 Å². The van der Waals surface area contributed by atoms with Crippen LogP contribution in [0, 0.1) is 0 Å². The van der Waals surface area contributed by atoms with Crippen molar-refractivity contribution in [1.82, 2.24) is 0 Å². The molecule has 0 aromatic rings. The van der Waals surface area contributed by atoms with Crippen LogP contribution in [-0.4, -0.2) is 13.1 Å². The van der Waals surface area contributed by atoms with Crippen molar-refractivity contribution in [2.24, 2.45) is 0 Å². The van der Waals surface area contributed by atoms with Gasteiger partial charge in [-0.1, -0.05) is 51.9 Å². The predicted octanol–water partition coefficient (Wildman–Crippen LogP) is 3.97. The Hall–Kier alpha value is -0.470. The van der Waals surface area contributed by atoms with Crippen molar-refractivity contribution in [3.63, 3.8) is 0 Å². The van der Waals surface area contributed by atoms with Crippen LogP contribution in [0.1, 0.15) is 58.3 Å². The fraction of sp³-hybridized carbons (Fsp3) is 0.909. The highest BCUT2D eigenvalue weighted by molar-refractivity contribution is 7.33. The van der Waals surface area contributed by atoms with Gasteiger partial charge in [-0.3, -0.25) is 4.79 Å². The first-order chi connectivity index (χ1) is 7.81. The molecule has 1 atom stereocenters. The maximum absolute atomic E-state index is 10.7. The topological polar surface area (TPSA) is 52.6 Å². The number of hydrogen-bond acceptors (Lipinski definition) is 4. The number of rotatable bonds is 12. The number of hydrogen-bond donors (Lipinski definition) is 0. The standard InChI is InChI=1S/C11H22O4P/c1-2-3-4-5-6-7-8-9-10-14-16(13)15-11-12/h11H,2-10H2,1H3/q+1. The Bertz CT molecular complexity index is 185. The Morgan fingerprint density at radius 1 is 1.00 bits per heavy atom. The third kappa shape index (κ3) is 11.6. The summed E-state index contributed by atoms with van der Waals surface area (Å²) < 4.78 is 19.6. The lowest BCUT2D eigenvalue weighted by atomic mass is 10.1. The van der Waals surface area contributed by atoms with E-state index in [9.17, 15) is 9.36 Å². The molecule has 0 aromatic carbocycles. The first-order valence-electron chi connectivity index (χ1n) is 6.01. The molecule has 0 aliphatic carbocycles. The molecule has 0 amide bonds. The molecule has 0 saturated heterocycles. The fourth-order valence-electron chi connectivity index (χ4n) is 1.44. The number of carbonyl (C=O) groups excluding carboxylic acids is 1. The molecule has 0 bridgehead atoms. The average molecular weight is 249 g/mol. The highest BCUT2D eigenvalue weighted by Crippen LogP contribution is 2.22. The minimum Gasteiger partial charge on any atom is -0.250 e. The molecule has 1 unspecified atom stereocenters. The van der Waals surface area contributed by atoms with Gasteiger partial charge in [0.05, 0.1) is 0 Å². The molecular formula is C11H22O4P+. The quantitative estimate of drug-likeness (QED) is 0.298. The van der Waals surface area contributed by atoms with Gasteiger partial charge in [0.1, 0.15) is 6.61 Å². The van der Waals surface area contributed by atoms with Crippen LogP contribution in [0.4, 0.5) is 0 Å². The second-order valence-electron chi connectivity index (χ2n) is 3.73. The zero-order chi connectivity index (χ0) is 12.1. The monoisotopic (exact) mass is 249 g/mol. The third-order valence-electron chi connectivity index (χ3n) is 2.32. The summed E-state index contributed by atoms with van der Waals surface area (Å²) in [5.41, 5.74) is 0. The van der Waals surface area contributed by atoms with Crippen LogP contribution >= 0.6 is 8.25 Å². The molecule has 0 saturated carbocycles. The van der Waals surface area contributed by atoms with Crippen LogP contribution in [0.2, 0.25) is 0 Å². The zero-order valence-corrected chi connectivity index (χ0v) is 10.9. The van der Waals surface area contributed by atoms with Crippen molar-refractivity contribution in [2.75, 3.05) is 6.61 Å². The van der Waals surface area contributed by atoms with Crippen molar-refractivity contribution in [3.05, 3.63) is 0 Å². The largest absolute Gasteiger partial charge is 0.752 e. The lowest BCUT2D eigenvalue weighted by Gasteiger charge is -1.99. The molecule has 94 valence electrons. The van der Waals surface area contributed by atoms with E-state index in [1.807, 2.05) is 0 Å². The fourth-order valence-corrected chi connectivity index (χ4v) is 1.85. The van der Waals surface area contributed by atoms with Crippen molar-refractivity contribution in [2.45, 2.75) is 58.3 Å². The SMILES string of the molecule is CCCCCCCCCCO[P+](=O)OC=O. The first-order valence-corrected chi connectivity index (χ1v) is 7.11. The van der Waals surface area contributed by atoms with Gasteiger partial charge in [-0.15, -0.1) is 4.52 Å². The summed E-state index contributed by atoms with van der Waals surface area (Å²) in [6.07, 6.45) is 9.64. The van der Waals surface area contributed by atoms with Gasteiger partial charge in [0.2, 0.25) is 0 Å². The summed E-state index contributed by atoms with van der Waals surface area (Å²) in [5, 5.41) is 0. The van der Waals surface area contributed by atoms with Crippen LogP contribution < -0.4 is 0 Å². The molecule has 0 heterocycles. The van der Waals surface area contributed by atoms with E-state index >= 15 is 0 Å². The van der Waals surface area contributed by atoms with Crippen LogP contribution in [-0.2, 0) is 18.4 Å². The molecule has 0 rings (SSSR count). The molecule has 0 aromatic heterocycles. The molecule has 0 spiro atoms. The van der Waals surface area contributed by atoms with E-state index in [2.05, 4.69) is 11.4 Å². The van der Waals surface area contributed by atoms with E-state index in [1.165, 1.54) is 38.5 Å². The van der Waals surface area contributed by atoms with Gasteiger partial charge in [0.25, 0.3) is 0 Å². The van der Waals surface area contributed by atoms with E-state index < -0.39 is 8.25 Å². The van der Waals surface area contributed by atoms with Crippen LogP contribution in [0.3, 0.4) is 0 Å². The third-order valence-corrected chi connectivity index (χ3v) is 2.98. The van der Waals surface area contributed by atoms with Crippen molar-refractivity contribution >= 4 is 14.7 Å². The van der Waals surface area contributed by atoms with Crippen LogP contribution in [0.5, 0.6) is 0 Å². The van der Waals surface area contributed by atoms with E-state index in [0.717, 1.165) is 12.8 Å². The van der Waals surface area contributed by atoms with E-state index in [4.69, 9.17) is 4.52 Å². The summed E-state index contributed by atoms with van der Waals surface area (Å²) in [6, 6.07) is 0. The van der Waals surface area contributed by atoms with Crippen molar-refractivity contribution < 1.29 is 18.4 Å². The van der Waals surface area contributed by atoms with Crippen molar-refractivity contribution in [1.29, 1.82) is 0 Å². The van der Waals surface area contributed by atoms with Gasteiger partial charge in [-0.25, -0.2) is 0 Å². The predicted molar refractivity (Wildman–Crippen MR) is 63.3 cm³/mol. The molecule has 0 aliphatic rings. The summed E-state index contributed by atoms with van der Waals surface area (Å²) in [6.45, 7) is 2.75. The van der Waals surface area contributed by atoms with E-state index in [-0.39, 0.29) is 6.47 Å². The minimum absolute atomic E-state index is 0.145. The van der Waals surface area contributed by atoms with Crippen LogP contribution in [0.25, 0.3) is 0 Å². The molecule has 16 heavy (non-hydrogen) atoms. The summed E-state index contributed by atoms with van der Waals surface area (Å²) >= 11 is 0. The lowest BCUT2D eigenvalue weighted by molar-refractivity contribution is -0.120. The second kappa shape index (κ2) is 12.6. The first kappa shape index (κ1) is 15.5. The van der Waals surface area contributed by atoms with Gasteiger partial charge in [0, 0.05) is 4.57 Å². The molecule has 0 aliphatic heterocycles. The average Bonchev–Trinajstić information content (AvgIpc) is 2.27. The lowest BCUT2D eigenvalue weighted by Crippen LogP contribution is -1.89. The van der Waals surface area contributed by atoms with Crippen molar-refractivity contribution in [3.8, 4) is 0 Å². The van der Waals surface area contributed by atoms with E-state index in [0.29, 0.717) is 6.61 Å². The maximum Gasteiger partial charge on any atom is 0.752 e. The molecule has 5 heteroatoms. The Labute approximate surface area is 98.7 Å². The van der Waals surface area contributed by atoms with Crippen LogP contribution in [0.15, 0.2) is 0 Å². The summed E-state index contributed by atoms with van der Waals surface area (Å²) in [7, 11) is -2.23. The maximum atomic E-state index is 10.7. The number of unbranched alkanes of at least 4 members (excludes halogenated alkanes) is 7. The molecule has 0 radical (unpaired) electrons. The van der Waals surface area contributed by atoms with Gasteiger partial charge in [-0.05, 0) is 6.42 Å². The van der Waals surface area contributed by atoms with Gasteiger partial charge in [0.15, 0.2) is 0 Å². The molecular weight excluding hydrogens is 227 g/mol. The molecule has 0 N–H and O–H groups in total. The smallest absolute Gasteiger partial charge is 0.250 e. The Balaban J connectivity index is 3.03. The minimum atomic E-state index is -2.23. The number of carbonyl (C=O) groups is 1. The Morgan fingerprint density at radius 2 is 1.56 bits per heavy atom. The summed E-state index contributed by atoms with van der Waals surface area (Å²) in [5.74, 6) is 0. The second-order valence-corrected chi connectivity index (χ2v) is 4.65. The Kier molecular flexibility index (Phi) is 12.2. The molecule has 0 fully saturated rings. The van der Waals surface area contributed by atoms with Gasteiger partial charge >= 0.3 is 14.7 Å². The normalized spacial score (nSPS) is 11.2. The van der Waals surface area contributed by atoms with Gasteiger partial charge in [-0.2, -0.15) is 4.52 Å². The zero-order valence-electron chi connectivity index (χ0n) is 10.0. The Morgan fingerprint density at radius 3 is 2.12 bits per heavy atom. The highest BCUT2D eigenvalue weighted by atomic mass is 31.1. The molecule has 4 nitrogen and oxygen atoms in total. The highest BCUT2D eigenvalue weighted by Gasteiger charge is 2.18. The van der Waals surface area contributed by atoms with E-state index in [1.54, 1.807) is 0 Å².